The number of nitrogens with zero attached hydrogens (tertiary/aromatic N) is 4. The number of anilines is 1. The zero-order valence-electron chi connectivity index (χ0n) is 12.6. The van der Waals surface area contributed by atoms with Gasteiger partial charge in [0.1, 0.15) is 11.4 Å². The minimum atomic E-state index is 0.128. The van der Waals surface area contributed by atoms with Gasteiger partial charge in [-0.2, -0.15) is 0 Å². The van der Waals surface area contributed by atoms with Crippen molar-refractivity contribution in [2.75, 3.05) is 18.0 Å². The zero-order valence-corrected chi connectivity index (χ0v) is 12.6. The molecule has 1 aliphatic heterocycles. The monoisotopic (exact) mass is 298 g/mol. The maximum Gasteiger partial charge on any atom is 0.170 e. The molecule has 6 heteroatoms. The smallest absolute Gasteiger partial charge is 0.170 e. The second kappa shape index (κ2) is 6.19. The highest BCUT2D eigenvalue weighted by atomic mass is 16.5. The summed E-state index contributed by atoms with van der Waals surface area (Å²) in [6.45, 7) is 5.56. The lowest BCUT2D eigenvalue weighted by atomic mass is 10.1. The first-order valence-corrected chi connectivity index (χ1v) is 7.30. The summed E-state index contributed by atoms with van der Waals surface area (Å²) in [7, 11) is 0. The van der Waals surface area contributed by atoms with Gasteiger partial charge in [-0.25, -0.2) is 4.98 Å². The number of hydrogen-bond donors (Lipinski definition) is 0. The van der Waals surface area contributed by atoms with Crippen LogP contribution in [0.2, 0.25) is 0 Å². The Bertz CT molecular complexity index is 652. The van der Waals surface area contributed by atoms with E-state index in [1.54, 1.807) is 18.6 Å². The summed E-state index contributed by atoms with van der Waals surface area (Å²) in [5.74, 6) is 0. The second-order valence-electron chi connectivity index (χ2n) is 5.47. The van der Waals surface area contributed by atoms with Gasteiger partial charge in [0.25, 0.3) is 0 Å². The second-order valence-corrected chi connectivity index (χ2v) is 5.47. The van der Waals surface area contributed by atoms with Crippen molar-refractivity contribution in [1.29, 1.82) is 0 Å². The van der Waals surface area contributed by atoms with E-state index in [2.05, 4.69) is 19.9 Å². The molecule has 2 aromatic rings. The molecular formula is C16H18N4O2. The average Bonchev–Trinajstić information content (AvgIpc) is 2.54. The zero-order chi connectivity index (χ0) is 15.5. The molecule has 22 heavy (non-hydrogen) atoms. The molecule has 2 aromatic heterocycles. The molecular weight excluding hydrogens is 280 g/mol. The summed E-state index contributed by atoms with van der Waals surface area (Å²) in [6, 6.07) is 3.79. The van der Waals surface area contributed by atoms with Crippen molar-refractivity contribution in [3.8, 4) is 11.4 Å². The first-order chi connectivity index (χ1) is 10.7. The van der Waals surface area contributed by atoms with Crippen LogP contribution in [-0.2, 0) is 4.74 Å². The molecule has 0 aromatic carbocycles. The number of pyridine rings is 1. The largest absolute Gasteiger partial charge is 0.372 e. The Morgan fingerprint density at radius 1 is 1.18 bits per heavy atom. The number of hydrogen-bond acceptors (Lipinski definition) is 6. The molecule has 0 spiro atoms. The maximum absolute atomic E-state index is 11.5. The highest BCUT2D eigenvalue weighted by Gasteiger charge is 2.24. The summed E-state index contributed by atoms with van der Waals surface area (Å²) in [5, 5.41) is 0. The molecule has 0 N–H and O–H groups in total. The van der Waals surface area contributed by atoms with Gasteiger partial charge in [0, 0.05) is 25.5 Å². The van der Waals surface area contributed by atoms with Crippen LogP contribution >= 0.6 is 0 Å². The predicted molar refractivity (Wildman–Crippen MR) is 82.9 cm³/mol. The van der Waals surface area contributed by atoms with Crippen molar-refractivity contribution < 1.29 is 9.53 Å². The number of carbonyl (C=O) groups is 1. The van der Waals surface area contributed by atoms with Crippen LogP contribution < -0.4 is 4.90 Å². The Labute approximate surface area is 129 Å². The molecule has 0 amide bonds. The fraction of sp³-hybridized carbons (Fsp3) is 0.375. The molecule has 1 fully saturated rings. The van der Waals surface area contributed by atoms with Crippen molar-refractivity contribution in [1.82, 2.24) is 15.0 Å². The lowest BCUT2D eigenvalue weighted by molar-refractivity contribution is -0.00527. The first-order valence-electron chi connectivity index (χ1n) is 7.30. The van der Waals surface area contributed by atoms with Gasteiger partial charge < -0.3 is 9.64 Å². The van der Waals surface area contributed by atoms with E-state index in [0.717, 1.165) is 25.1 Å². The number of ether oxygens (including phenoxy) is 1. The molecule has 6 nitrogen and oxygen atoms in total. The minimum absolute atomic E-state index is 0.128. The van der Waals surface area contributed by atoms with E-state index < -0.39 is 0 Å². The van der Waals surface area contributed by atoms with E-state index in [1.807, 2.05) is 26.0 Å². The molecule has 0 bridgehead atoms. The van der Waals surface area contributed by atoms with E-state index in [9.17, 15) is 4.79 Å². The number of aromatic nitrogens is 3. The number of aldehydes is 1. The first kappa shape index (κ1) is 14.6. The normalized spacial score (nSPS) is 21.6. The van der Waals surface area contributed by atoms with Crippen molar-refractivity contribution in [3.05, 3.63) is 36.4 Å². The lowest BCUT2D eigenvalue weighted by Gasteiger charge is -2.37. The third-order valence-corrected chi connectivity index (χ3v) is 3.60. The van der Waals surface area contributed by atoms with Crippen molar-refractivity contribution in [2.45, 2.75) is 26.1 Å². The van der Waals surface area contributed by atoms with E-state index in [-0.39, 0.29) is 12.2 Å². The van der Waals surface area contributed by atoms with Gasteiger partial charge in [0.15, 0.2) is 6.29 Å². The molecule has 114 valence electrons. The molecule has 0 radical (unpaired) electrons. The van der Waals surface area contributed by atoms with Crippen LogP contribution in [0, 0.1) is 0 Å². The number of carbonyl (C=O) groups excluding carboxylic acids is 1. The molecule has 3 heterocycles. The molecule has 0 saturated carbocycles. The summed E-state index contributed by atoms with van der Waals surface area (Å²) in [4.78, 5) is 26.3. The third-order valence-electron chi connectivity index (χ3n) is 3.60. The Hall–Kier alpha value is -2.34. The van der Waals surface area contributed by atoms with Crippen LogP contribution in [-0.4, -0.2) is 46.5 Å². The van der Waals surface area contributed by atoms with Crippen LogP contribution in [0.4, 0.5) is 5.69 Å². The van der Waals surface area contributed by atoms with Gasteiger partial charge >= 0.3 is 0 Å². The van der Waals surface area contributed by atoms with E-state index in [1.165, 1.54) is 0 Å². The minimum Gasteiger partial charge on any atom is -0.372 e. The summed E-state index contributed by atoms with van der Waals surface area (Å²) in [6.07, 6.45) is 5.90. The Kier molecular flexibility index (Phi) is 4.11. The molecule has 1 aliphatic rings. The highest BCUT2D eigenvalue weighted by molar-refractivity contribution is 5.83. The molecule has 2 unspecified atom stereocenters. The number of morpholine rings is 1. The van der Waals surface area contributed by atoms with E-state index in [4.69, 9.17) is 4.74 Å². The number of rotatable bonds is 3. The fourth-order valence-electron chi connectivity index (χ4n) is 2.77. The maximum atomic E-state index is 11.5. The average molecular weight is 298 g/mol. The molecule has 2 atom stereocenters. The van der Waals surface area contributed by atoms with Crippen LogP contribution in [0.3, 0.4) is 0 Å². The van der Waals surface area contributed by atoms with Gasteiger partial charge in [0.05, 0.1) is 29.8 Å². The van der Waals surface area contributed by atoms with Crippen molar-refractivity contribution in [2.24, 2.45) is 0 Å². The molecule has 3 rings (SSSR count). The van der Waals surface area contributed by atoms with Gasteiger partial charge in [0.2, 0.25) is 0 Å². The van der Waals surface area contributed by atoms with Crippen molar-refractivity contribution >= 4 is 12.0 Å². The quantitative estimate of drug-likeness (QED) is 0.807. The molecule has 0 aliphatic carbocycles. The fourth-order valence-corrected chi connectivity index (χ4v) is 2.77. The van der Waals surface area contributed by atoms with Gasteiger partial charge in [-0.15, -0.1) is 0 Å². The Morgan fingerprint density at radius 2 is 1.95 bits per heavy atom. The Morgan fingerprint density at radius 3 is 2.59 bits per heavy atom. The summed E-state index contributed by atoms with van der Waals surface area (Å²) >= 11 is 0. The van der Waals surface area contributed by atoms with Gasteiger partial charge in [-0.3, -0.25) is 14.8 Å². The van der Waals surface area contributed by atoms with Gasteiger partial charge in [-0.05, 0) is 26.0 Å². The predicted octanol–water partition coefficient (Wildman–Crippen LogP) is 1.96. The topological polar surface area (TPSA) is 68.2 Å². The SMILES string of the molecule is CC1CN(c2ccc(-c3cnccn3)nc2C=O)CC(C)O1. The standard InChI is InChI=1S/C16H18N4O2/c1-11-8-20(9-12(2)22-11)16-4-3-13(19-15(16)10-21)14-7-17-5-6-18-14/h3-7,10-12H,8-9H2,1-2H3. The lowest BCUT2D eigenvalue weighted by Crippen LogP contribution is -2.45. The van der Waals surface area contributed by atoms with Gasteiger partial charge in [-0.1, -0.05) is 0 Å². The van der Waals surface area contributed by atoms with Crippen LogP contribution in [0.25, 0.3) is 11.4 Å². The van der Waals surface area contributed by atoms with Crippen LogP contribution in [0.15, 0.2) is 30.7 Å². The Balaban J connectivity index is 1.94. The van der Waals surface area contributed by atoms with Crippen LogP contribution in [0.5, 0.6) is 0 Å². The molecule has 1 saturated heterocycles. The van der Waals surface area contributed by atoms with Crippen LogP contribution in [0.1, 0.15) is 24.3 Å². The third kappa shape index (κ3) is 2.96. The van der Waals surface area contributed by atoms with E-state index >= 15 is 0 Å². The van der Waals surface area contributed by atoms with E-state index in [0.29, 0.717) is 17.1 Å². The summed E-state index contributed by atoms with van der Waals surface area (Å²) in [5.41, 5.74) is 2.56. The summed E-state index contributed by atoms with van der Waals surface area (Å²) < 4.78 is 5.74. The van der Waals surface area contributed by atoms with Crippen molar-refractivity contribution in [3.63, 3.8) is 0 Å². The highest BCUT2D eigenvalue weighted by Crippen LogP contribution is 2.25.